The standard InChI is InChI=1S/C30H43BF2N2O10/c1-8-22(36)41-15-29(16-42-23(37)9-2,17-43-24(38)10-3)18-44-25(39)13-34-28(7)12-21(11-27(5,6)14-28)35-26(40)45-19-30(32,33)20(4)31/h8-10,20-21,34H,1-3,11-19H2,4-7H3,(H,35,40). The SMILES string of the molecule is [B]C(C)C(F)(F)COC(=O)NC1CC(C)(C)CC(C)(NCC(=O)OCC(COC(=O)C=C)(COC(=O)C=C)COC(=O)C=C)C1. The first kappa shape index (κ1) is 39.3. The van der Waals surface area contributed by atoms with Gasteiger partial charge in [-0.3, -0.25) is 4.79 Å². The summed E-state index contributed by atoms with van der Waals surface area (Å²) in [7, 11) is 5.24. The zero-order valence-electron chi connectivity index (χ0n) is 26.3. The van der Waals surface area contributed by atoms with Crippen LogP contribution in [0.2, 0.25) is 5.82 Å². The van der Waals surface area contributed by atoms with E-state index in [2.05, 4.69) is 30.4 Å². The molecular formula is C30H43BF2N2O10. The predicted molar refractivity (Wildman–Crippen MR) is 159 cm³/mol. The van der Waals surface area contributed by atoms with Crippen molar-refractivity contribution in [3.05, 3.63) is 38.0 Å². The summed E-state index contributed by atoms with van der Waals surface area (Å²) >= 11 is 0. The number of alkyl halides is 2. The van der Waals surface area contributed by atoms with Crippen LogP contribution in [0.3, 0.4) is 0 Å². The smallest absolute Gasteiger partial charge is 0.407 e. The monoisotopic (exact) mass is 640 g/mol. The first-order valence-corrected chi connectivity index (χ1v) is 14.1. The summed E-state index contributed by atoms with van der Waals surface area (Å²) in [5.74, 6) is -8.08. The highest BCUT2D eigenvalue weighted by Crippen LogP contribution is 2.41. The molecule has 3 atom stereocenters. The van der Waals surface area contributed by atoms with Crippen LogP contribution in [0.15, 0.2) is 38.0 Å². The van der Waals surface area contributed by atoms with Gasteiger partial charge < -0.3 is 34.3 Å². The van der Waals surface area contributed by atoms with Crippen molar-refractivity contribution in [2.24, 2.45) is 10.8 Å². The van der Waals surface area contributed by atoms with E-state index < -0.39 is 91.7 Å². The fourth-order valence-corrected chi connectivity index (χ4v) is 4.89. The molecule has 0 aromatic heterocycles. The van der Waals surface area contributed by atoms with Crippen molar-refractivity contribution in [1.82, 2.24) is 10.6 Å². The molecule has 45 heavy (non-hydrogen) atoms. The number of rotatable bonds is 18. The van der Waals surface area contributed by atoms with Crippen molar-refractivity contribution in [2.45, 2.75) is 70.3 Å². The van der Waals surface area contributed by atoms with Gasteiger partial charge in [0.05, 0.1) is 14.4 Å². The second-order valence-electron chi connectivity index (χ2n) is 12.2. The molecule has 2 N–H and O–H groups in total. The predicted octanol–water partition coefficient (Wildman–Crippen LogP) is 2.97. The van der Waals surface area contributed by atoms with Crippen LogP contribution in [0, 0.1) is 10.8 Å². The summed E-state index contributed by atoms with van der Waals surface area (Å²) in [6.07, 6.45) is 3.12. The van der Waals surface area contributed by atoms with Crippen LogP contribution < -0.4 is 10.6 Å². The molecule has 0 heterocycles. The topological polar surface area (TPSA) is 156 Å². The lowest BCUT2D eigenvalue weighted by atomic mass is 9.67. The molecular weight excluding hydrogens is 597 g/mol. The van der Waals surface area contributed by atoms with Gasteiger partial charge in [-0.25, -0.2) is 28.0 Å². The molecule has 0 saturated heterocycles. The molecule has 1 aliphatic rings. The maximum absolute atomic E-state index is 13.8. The van der Waals surface area contributed by atoms with E-state index >= 15 is 0 Å². The average molecular weight is 640 g/mol. The average Bonchev–Trinajstić information content (AvgIpc) is 2.96. The lowest BCUT2D eigenvalue weighted by Gasteiger charge is -2.47. The Morgan fingerprint density at radius 1 is 0.844 bits per heavy atom. The molecule has 12 nitrogen and oxygen atoms in total. The molecule has 1 amide bonds. The molecule has 1 rings (SSSR count). The van der Waals surface area contributed by atoms with Gasteiger partial charge in [0, 0.05) is 29.8 Å². The van der Waals surface area contributed by atoms with Crippen molar-refractivity contribution in [3.63, 3.8) is 0 Å². The number of amides is 1. The lowest BCUT2D eigenvalue weighted by Crippen LogP contribution is -2.57. The van der Waals surface area contributed by atoms with E-state index in [4.69, 9.17) is 31.5 Å². The molecule has 0 aliphatic heterocycles. The number of nitrogens with one attached hydrogen (secondary N) is 2. The molecule has 2 radical (unpaired) electrons. The van der Waals surface area contributed by atoms with Crippen LogP contribution in [0.5, 0.6) is 0 Å². The molecule has 3 unspecified atom stereocenters. The second-order valence-corrected chi connectivity index (χ2v) is 12.2. The number of hydrogen-bond donors (Lipinski definition) is 2. The Morgan fingerprint density at radius 3 is 1.76 bits per heavy atom. The summed E-state index contributed by atoms with van der Waals surface area (Å²) in [6, 6.07) is -0.468. The molecule has 1 saturated carbocycles. The fraction of sp³-hybridized carbons (Fsp3) is 0.633. The van der Waals surface area contributed by atoms with Gasteiger partial charge >= 0.3 is 30.0 Å². The Labute approximate surface area is 263 Å². The zero-order valence-corrected chi connectivity index (χ0v) is 26.3. The summed E-state index contributed by atoms with van der Waals surface area (Å²) < 4.78 is 53.0. The largest absolute Gasteiger partial charge is 0.464 e. The minimum Gasteiger partial charge on any atom is -0.464 e. The molecule has 15 heteroatoms. The third-order valence-electron chi connectivity index (χ3n) is 7.01. The Kier molecular flexibility index (Phi) is 14.9. The van der Waals surface area contributed by atoms with E-state index in [1.807, 2.05) is 20.8 Å². The van der Waals surface area contributed by atoms with E-state index in [0.717, 1.165) is 25.2 Å². The highest BCUT2D eigenvalue weighted by Gasteiger charge is 2.43. The highest BCUT2D eigenvalue weighted by molar-refractivity contribution is 6.12. The van der Waals surface area contributed by atoms with Crippen molar-refractivity contribution in [1.29, 1.82) is 0 Å². The summed E-state index contributed by atoms with van der Waals surface area (Å²) in [6.45, 7) is 13.4. The Bertz CT molecular complexity index is 1050. The van der Waals surface area contributed by atoms with Crippen LogP contribution >= 0.6 is 0 Å². The van der Waals surface area contributed by atoms with Crippen molar-refractivity contribution in [3.8, 4) is 0 Å². The minimum absolute atomic E-state index is 0.300. The van der Waals surface area contributed by atoms with E-state index in [0.29, 0.717) is 19.3 Å². The van der Waals surface area contributed by atoms with Gasteiger partial charge in [-0.1, -0.05) is 40.5 Å². The number of alkyl carbamates (subject to hydrolysis) is 1. The third-order valence-corrected chi connectivity index (χ3v) is 7.01. The number of hydrogen-bond acceptors (Lipinski definition) is 11. The Hall–Kier alpha value is -3.75. The van der Waals surface area contributed by atoms with Gasteiger partial charge in [0.1, 0.15) is 31.8 Å². The van der Waals surface area contributed by atoms with Crippen molar-refractivity contribution >= 4 is 37.8 Å². The first-order chi connectivity index (χ1) is 20.8. The van der Waals surface area contributed by atoms with E-state index in [1.165, 1.54) is 0 Å². The quantitative estimate of drug-likeness (QED) is 0.0983. The second kappa shape index (κ2) is 17.1. The van der Waals surface area contributed by atoms with Gasteiger partial charge in [-0.2, -0.15) is 0 Å². The van der Waals surface area contributed by atoms with Crippen LogP contribution in [-0.4, -0.2) is 94.9 Å². The number of carbonyl (C=O) groups excluding carboxylic acids is 5. The Balaban J connectivity index is 2.95. The number of esters is 4. The molecule has 1 aliphatic carbocycles. The third kappa shape index (κ3) is 14.3. The van der Waals surface area contributed by atoms with E-state index in [1.54, 1.807) is 0 Å². The normalized spacial score (nSPS) is 20.0. The molecule has 250 valence electrons. The van der Waals surface area contributed by atoms with E-state index in [-0.39, 0.29) is 12.0 Å². The van der Waals surface area contributed by atoms with Crippen LogP contribution in [0.25, 0.3) is 0 Å². The minimum atomic E-state index is -3.38. The molecule has 0 aromatic rings. The van der Waals surface area contributed by atoms with Gasteiger partial charge in [0.2, 0.25) is 0 Å². The van der Waals surface area contributed by atoms with Crippen LogP contribution in [0.4, 0.5) is 13.6 Å². The van der Waals surface area contributed by atoms with Crippen LogP contribution in [0.1, 0.15) is 47.0 Å². The van der Waals surface area contributed by atoms with Crippen molar-refractivity contribution in [2.75, 3.05) is 39.6 Å². The fourth-order valence-electron chi connectivity index (χ4n) is 4.89. The highest BCUT2D eigenvalue weighted by atomic mass is 19.3. The molecule has 1 fully saturated rings. The summed E-state index contributed by atoms with van der Waals surface area (Å²) in [5, 5.41) is 5.76. The summed E-state index contributed by atoms with van der Waals surface area (Å²) in [5.41, 5.74) is -2.52. The molecule has 0 bridgehead atoms. The van der Waals surface area contributed by atoms with Crippen LogP contribution in [-0.2, 0) is 42.9 Å². The Morgan fingerprint density at radius 2 is 1.31 bits per heavy atom. The van der Waals surface area contributed by atoms with Crippen molar-refractivity contribution < 1.29 is 56.4 Å². The van der Waals surface area contributed by atoms with E-state index in [9.17, 15) is 32.8 Å². The number of ether oxygens (including phenoxy) is 5. The maximum atomic E-state index is 13.8. The van der Waals surface area contributed by atoms with Gasteiger partial charge in [-0.05, 0) is 37.4 Å². The van der Waals surface area contributed by atoms with Gasteiger partial charge in [0.25, 0.3) is 5.92 Å². The number of halogens is 2. The van der Waals surface area contributed by atoms with Gasteiger partial charge in [0.15, 0.2) is 6.61 Å². The summed E-state index contributed by atoms with van der Waals surface area (Å²) in [4.78, 5) is 60.5. The zero-order chi connectivity index (χ0) is 34.5. The lowest BCUT2D eigenvalue weighted by molar-refractivity contribution is -0.166. The maximum Gasteiger partial charge on any atom is 0.407 e. The molecule has 0 spiro atoms. The number of carbonyl (C=O) groups is 5. The molecule has 0 aromatic carbocycles. The first-order valence-electron chi connectivity index (χ1n) is 14.1. The van der Waals surface area contributed by atoms with Gasteiger partial charge in [-0.15, -0.1) is 0 Å².